The SMILES string of the molecule is CCNC(CO)c1cc(C)cc(C(C)(C)C)c1OC. The lowest BCUT2D eigenvalue weighted by molar-refractivity contribution is 0.242. The van der Waals surface area contributed by atoms with Gasteiger partial charge >= 0.3 is 0 Å². The third-order valence-corrected chi connectivity index (χ3v) is 3.28. The van der Waals surface area contributed by atoms with E-state index in [9.17, 15) is 5.11 Å². The molecule has 0 aliphatic carbocycles. The summed E-state index contributed by atoms with van der Waals surface area (Å²) in [5.41, 5.74) is 3.42. The Labute approximate surface area is 117 Å². The van der Waals surface area contributed by atoms with Crippen molar-refractivity contribution in [2.24, 2.45) is 0 Å². The first kappa shape index (κ1) is 16.0. The highest BCUT2D eigenvalue weighted by Gasteiger charge is 2.24. The van der Waals surface area contributed by atoms with Crippen molar-refractivity contribution in [3.05, 3.63) is 28.8 Å². The molecule has 2 N–H and O–H groups in total. The fraction of sp³-hybridized carbons (Fsp3) is 0.625. The summed E-state index contributed by atoms with van der Waals surface area (Å²) >= 11 is 0. The maximum Gasteiger partial charge on any atom is 0.127 e. The van der Waals surface area contributed by atoms with Crippen molar-refractivity contribution in [1.29, 1.82) is 0 Å². The van der Waals surface area contributed by atoms with Crippen molar-refractivity contribution in [2.75, 3.05) is 20.3 Å². The average Bonchev–Trinajstić information content (AvgIpc) is 2.33. The van der Waals surface area contributed by atoms with Gasteiger partial charge in [-0.3, -0.25) is 0 Å². The third-order valence-electron chi connectivity index (χ3n) is 3.28. The first-order valence-corrected chi connectivity index (χ1v) is 6.88. The number of likely N-dealkylation sites (N-methyl/N-ethyl adjacent to an activating group) is 1. The summed E-state index contributed by atoms with van der Waals surface area (Å²) in [4.78, 5) is 0. The van der Waals surface area contributed by atoms with Crippen molar-refractivity contribution >= 4 is 0 Å². The fourth-order valence-electron chi connectivity index (χ4n) is 2.36. The fourth-order valence-corrected chi connectivity index (χ4v) is 2.36. The van der Waals surface area contributed by atoms with Gasteiger partial charge in [-0.2, -0.15) is 0 Å². The van der Waals surface area contributed by atoms with Crippen molar-refractivity contribution in [1.82, 2.24) is 5.32 Å². The van der Waals surface area contributed by atoms with Crippen LogP contribution < -0.4 is 10.1 Å². The average molecular weight is 265 g/mol. The molecule has 1 rings (SSSR count). The number of hydrogen-bond acceptors (Lipinski definition) is 3. The van der Waals surface area contributed by atoms with E-state index in [0.717, 1.165) is 17.9 Å². The van der Waals surface area contributed by atoms with Crippen LogP contribution in [0.5, 0.6) is 5.75 Å². The minimum Gasteiger partial charge on any atom is -0.496 e. The largest absolute Gasteiger partial charge is 0.496 e. The van der Waals surface area contributed by atoms with Crippen LogP contribution in [0.4, 0.5) is 0 Å². The Bertz CT molecular complexity index is 421. The molecule has 1 atom stereocenters. The standard InChI is InChI=1S/C16H27NO2/c1-7-17-14(10-18)12-8-11(2)9-13(15(12)19-6)16(3,4)5/h8-9,14,17-18H,7,10H2,1-6H3. The highest BCUT2D eigenvalue weighted by Crippen LogP contribution is 2.37. The predicted octanol–water partition coefficient (Wildman–Crippen LogP) is 2.94. The smallest absolute Gasteiger partial charge is 0.127 e. The van der Waals surface area contributed by atoms with Crippen LogP contribution in [0.2, 0.25) is 0 Å². The molecule has 0 heterocycles. The lowest BCUT2D eigenvalue weighted by Gasteiger charge is -2.27. The number of benzene rings is 1. The van der Waals surface area contributed by atoms with Crippen LogP contribution in [0.1, 0.15) is 50.4 Å². The van der Waals surface area contributed by atoms with Crippen molar-refractivity contribution in [2.45, 2.75) is 46.1 Å². The second kappa shape index (κ2) is 6.40. The summed E-state index contributed by atoms with van der Waals surface area (Å²) in [6.07, 6.45) is 0. The molecule has 0 amide bonds. The number of hydrogen-bond donors (Lipinski definition) is 2. The van der Waals surface area contributed by atoms with E-state index in [1.54, 1.807) is 7.11 Å². The molecule has 3 nitrogen and oxygen atoms in total. The number of aryl methyl sites for hydroxylation is 1. The molecule has 0 aromatic heterocycles. The molecule has 1 unspecified atom stereocenters. The van der Waals surface area contributed by atoms with Gasteiger partial charge in [0.15, 0.2) is 0 Å². The van der Waals surface area contributed by atoms with Gasteiger partial charge in [0.2, 0.25) is 0 Å². The number of ether oxygens (including phenoxy) is 1. The van der Waals surface area contributed by atoms with Crippen molar-refractivity contribution in [3.63, 3.8) is 0 Å². The van der Waals surface area contributed by atoms with E-state index < -0.39 is 0 Å². The minimum absolute atomic E-state index is 0.0122. The zero-order valence-electron chi connectivity index (χ0n) is 13.0. The van der Waals surface area contributed by atoms with Crippen molar-refractivity contribution in [3.8, 4) is 5.75 Å². The molecule has 1 aromatic rings. The van der Waals surface area contributed by atoms with E-state index >= 15 is 0 Å². The number of rotatable bonds is 5. The summed E-state index contributed by atoms with van der Waals surface area (Å²) in [7, 11) is 1.70. The van der Waals surface area contributed by atoms with Crippen LogP contribution in [0, 0.1) is 6.92 Å². The molecule has 0 saturated heterocycles. The zero-order valence-corrected chi connectivity index (χ0v) is 13.0. The Balaban J connectivity index is 3.42. The van der Waals surface area contributed by atoms with Gasteiger partial charge in [-0.15, -0.1) is 0 Å². The number of aliphatic hydroxyl groups is 1. The molecule has 0 fully saturated rings. The molecule has 0 saturated carbocycles. The quantitative estimate of drug-likeness (QED) is 0.860. The highest BCUT2D eigenvalue weighted by atomic mass is 16.5. The summed E-state index contributed by atoms with van der Waals surface area (Å²) in [5, 5.41) is 12.9. The van der Waals surface area contributed by atoms with Crippen LogP contribution in [-0.2, 0) is 5.41 Å². The molecule has 0 aliphatic rings. The van der Waals surface area contributed by atoms with Crippen molar-refractivity contribution < 1.29 is 9.84 Å². The van der Waals surface area contributed by atoms with Crippen LogP contribution in [-0.4, -0.2) is 25.4 Å². The van der Waals surface area contributed by atoms with E-state index in [-0.39, 0.29) is 18.1 Å². The number of methoxy groups -OCH3 is 1. The van der Waals surface area contributed by atoms with E-state index in [1.807, 2.05) is 6.92 Å². The lowest BCUT2D eigenvalue weighted by Crippen LogP contribution is -2.26. The molecule has 0 radical (unpaired) electrons. The van der Waals surface area contributed by atoms with E-state index in [4.69, 9.17) is 4.74 Å². The van der Waals surface area contributed by atoms with Crippen LogP contribution in [0.3, 0.4) is 0 Å². The van der Waals surface area contributed by atoms with Gasteiger partial charge in [-0.1, -0.05) is 45.4 Å². The Morgan fingerprint density at radius 1 is 1.32 bits per heavy atom. The first-order valence-electron chi connectivity index (χ1n) is 6.88. The molecular weight excluding hydrogens is 238 g/mol. The summed E-state index contributed by atoms with van der Waals surface area (Å²) < 4.78 is 5.64. The molecule has 19 heavy (non-hydrogen) atoms. The molecule has 0 bridgehead atoms. The molecular formula is C16H27NO2. The van der Waals surface area contributed by atoms with E-state index in [2.05, 4.69) is 45.1 Å². The normalized spacial score (nSPS) is 13.4. The van der Waals surface area contributed by atoms with Gasteiger partial charge < -0.3 is 15.2 Å². The predicted molar refractivity (Wildman–Crippen MR) is 79.9 cm³/mol. The molecule has 108 valence electrons. The Morgan fingerprint density at radius 3 is 2.37 bits per heavy atom. The van der Waals surface area contributed by atoms with E-state index in [1.165, 1.54) is 11.1 Å². The second-order valence-electron chi connectivity index (χ2n) is 5.98. The third kappa shape index (κ3) is 3.71. The van der Waals surface area contributed by atoms with Crippen LogP contribution >= 0.6 is 0 Å². The summed E-state index contributed by atoms with van der Waals surface area (Å²) in [5.74, 6) is 0.887. The summed E-state index contributed by atoms with van der Waals surface area (Å²) in [6, 6.07) is 4.18. The minimum atomic E-state index is -0.0825. The highest BCUT2D eigenvalue weighted by molar-refractivity contribution is 5.49. The topological polar surface area (TPSA) is 41.5 Å². The van der Waals surface area contributed by atoms with Gasteiger partial charge in [-0.05, 0) is 18.9 Å². The number of aliphatic hydroxyl groups excluding tert-OH is 1. The Kier molecular flexibility index (Phi) is 5.39. The lowest BCUT2D eigenvalue weighted by atomic mass is 9.83. The first-order chi connectivity index (χ1) is 8.85. The Hall–Kier alpha value is -1.06. The van der Waals surface area contributed by atoms with Gasteiger partial charge in [-0.25, -0.2) is 0 Å². The second-order valence-corrected chi connectivity index (χ2v) is 5.98. The van der Waals surface area contributed by atoms with Crippen LogP contribution in [0.25, 0.3) is 0 Å². The van der Waals surface area contributed by atoms with Gasteiger partial charge in [0.05, 0.1) is 19.8 Å². The monoisotopic (exact) mass is 265 g/mol. The molecule has 3 heteroatoms. The number of nitrogens with one attached hydrogen (secondary N) is 1. The maximum atomic E-state index is 9.60. The molecule has 0 aliphatic heterocycles. The Morgan fingerprint density at radius 2 is 1.95 bits per heavy atom. The molecule has 0 spiro atoms. The maximum absolute atomic E-state index is 9.60. The van der Waals surface area contributed by atoms with E-state index in [0.29, 0.717) is 0 Å². The van der Waals surface area contributed by atoms with Gasteiger partial charge in [0.25, 0.3) is 0 Å². The van der Waals surface area contributed by atoms with Gasteiger partial charge in [0, 0.05) is 11.1 Å². The van der Waals surface area contributed by atoms with Crippen LogP contribution in [0.15, 0.2) is 12.1 Å². The summed E-state index contributed by atoms with van der Waals surface area (Å²) in [6.45, 7) is 11.5. The zero-order chi connectivity index (χ0) is 14.6. The molecule has 1 aromatic carbocycles. The van der Waals surface area contributed by atoms with Gasteiger partial charge in [0.1, 0.15) is 5.75 Å².